The number of aliphatic hydroxyl groups is 1. The lowest BCUT2D eigenvalue weighted by molar-refractivity contribution is -0.131. The van der Waals surface area contributed by atoms with Crippen molar-refractivity contribution in [1.29, 1.82) is 0 Å². The summed E-state index contributed by atoms with van der Waals surface area (Å²) in [7, 11) is 2.11. The summed E-state index contributed by atoms with van der Waals surface area (Å²) >= 11 is 0. The average Bonchev–Trinajstić information content (AvgIpc) is 2.77. The van der Waals surface area contributed by atoms with Crippen LogP contribution in [-0.2, 0) is 11.2 Å². The Kier molecular flexibility index (Phi) is 7.28. The maximum absolute atomic E-state index is 12.0. The number of ether oxygens (including phenoxy) is 2. The highest BCUT2D eigenvalue weighted by atomic mass is 16.5. The number of esters is 1. The quantitative estimate of drug-likeness (QED) is 0.446. The van der Waals surface area contributed by atoms with Crippen LogP contribution in [0.25, 0.3) is 0 Å². The molecule has 1 heterocycles. The number of carbonyl (C=O) groups is 1. The number of aliphatic hydroxyl groups excluding tert-OH is 1. The van der Waals surface area contributed by atoms with Gasteiger partial charge in [0, 0.05) is 43.4 Å². The van der Waals surface area contributed by atoms with Crippen molar-refractivity contribution in [3.63, 3.8) is 0 Å². The average molecular weight is 452 g/mol. The van der Waals surface area contributed by atoms with Crippen molar-refractivity contribution in [3.05, 3.63) is 53.6 Å². The Balaban J connectivity index is 1.55. The van der Waals surface area contributed by atoms with Crippen LogP contribution in [0.5, 0.6) is 11.5 Å². The molecule has 1 aliphatic heterocycles. The molecule has 0 amide bonds. The van der Waals surface area contributed by atoms with Gasteiger partial charge in [-0.3, -0.25) is 4.79 Å². The molecule has 5 heteroatoms. The Morgan fingerprint density at radius 2 is 1.97 bits per heavy atom. The summed E-state index contributed by atoms with van der Waals surface area (Å²) in [6.45, 7) is 5.79. The van der Waals surface area contributed by atoms with E-state index >= 15 is 0 Å². The summed E-state index contributed by atoms with van der Waals surface area (Å²) in [5, 5.41) is 10.4. The van der Waals surface area contributed by atoms with E-state index in [0.29, 0.717) is 24.1 Å². The van der Waals surface area contributed by atoms with Crippen LogP contribution in [0.2, 0.25) is 0 Å². The molecule has 1 aliphatic carbocycles. The van der Waals surface area contributed by atoms with Gasteiger partial charge in [0.1, 0.15) is 11.5 Å². The highest BCUT2D eigenvalue weighted by Crippen LogP contribution is 2.53. The fourth-order valence-corrected chi connectivity index (χ4v) is 5.68. The number of hydrogen-bond donors (Lipinski definition) is 1. The molecule has 0 spiro atoms. The first-order valence-electron chi connectivity index (χ1n) is 12.3. The molecule has 2 aromatic carbocycles. The second-order valence-electron chi connectivity index (χ2n) is 9.84. The molecule has 1 saturated carbocycles. The smallest absolute Gasteiger partial charge is 0.308 e. The van der Waals surface area contributed by atoms with Gasteiger partial charge in [0.05, 0.1) is 12.2 Å². The number of nitrogens with zero attached hydrogens (tertiary/aromatic N) is 1. The zero-order valence-corrected chi connectivity index (χ0v) is 20.3. The van der Waals surface area contributed by atoms with Crippen molar-refractivity contribution < 1.29 is 19.4 Å². The lowest BCUT2D eigenvalue weighted by Crippen LogP contribution is -2.46. The minimum atomic E-state index is -0.334. The van der Waals surface area contributed by atoms with Crippen LogP contribution < -0.4 is 14.4 Å². The van der Waals surface area contributed by atoms with Crippen LogP contribution in [-0.4, -0.2) is 36.4 Å². The van der Waals surface area contributed by atoms with E-state index in [1.807, 2.05) is 12.1 Å². The van der Waals surface area contributed by atoms with Crippen molar-refractivity contribution in [3.8, 4) is 11.5 Å². The molecule has 2 aromatic rings. The predicted molar refractivity (Wildman–Crippen MR) is 131 cm³/mol. The number of benzene rings is 2. The van der Waals surface area contributed by atoms with Crippen LogP contribution in [0.1, 0.15) is 69.9 Å². The number of rotatable bonds is 7. The molecule has 178 valence electrons. The summed E-state index contributed by atoms with van der Waals surface area (Å²) < 4.78 is 12.0. The normalized spacial score (nSPS) is 25.1. The second kappa shape index (κ2) is 10.2. The van der Waals surface area contributed by atoms with Crippen LogP contribution in [0.3, 0.4) is 0 Å². The molecule has 1 N–H and O–H groups in total. The molecule has 4 rings (SSSR count). The van der Waals surface area contributed by atoms with Crippen LogP contribution in [0, 0.1) is 5.92 Å². The third-order valence-electron chi connectivity index (χ3n) is 7.46. The minimum Gasteiger partial charge on any atom is -0.491 e. The molecular formula is C28H37NO4. The van der Waals surface area contributed by atoms with E-state index in [1.54, 1.807) is 0 Å². The summed E-state index contributed by atoms with van der Waals surface area (Å²) in [5.74, 6) is 1.59. The Morgan fingerprint density at radius 1 is 1.21 bits per heavy atom. The first kappa shape index (κ1) is 23.6. The van der Waals surface area contributed by atoms with E-state index < -0.39 is 0 Å². The van der Waals surface area contributed by atoms with E-state index in [1.165, 1.54) is 12.5 Å². The molecule has 0 aromatic heterocycles. The molecule has 0 unspecified atom stereocenters. The minimum absolute atomic E-state index is 0.0486. The molecule has 5 nitrogen and oxygen atoms in total. The highest BCUT2D eigenvalue weighted by Gasteiger charge is 2.43. The molecule has 33 heavy (non-hydrogen) atoms. The largest absolute Gasteiger partial charge is 0.491 e. The lowest BCUT2D eigenvalue weighted by atomic mass is 9.68. The maximum Gasteiger partial charge on any atom is 0.308 e. The van der Waals surface area contributed by atoms with Crippen molar-refractivity contribution in [2.24, 2.45) is 5.92 Å². The Hall–Kier alpha value is -2.53. The van der Waals surface area contributed by atoms with E-state index in [9.17, 15) is 9.90 Å². The predicted octanol–water partition coefficient (Wildman–Crippen LogP) is 5.49. The number of aryl methyl sites for hydroxylation is 1. The van der Waals surface area contributed by atoms with Gasteiger partial charge in [0.15, 0.2) is 0 Å². The van der Waals surface area contributed by atoms with Gasteiger partial charge in [-0.05, 0) is 69.8 Å². The molecule has 0 saturated heterocycles. The van der Waals surface area contributed by atoms with Crippen molar-refractivity contribution in [2.75, 3.05) is 11.9 Å². The molecule has 0 bridgehead atoms. The van der Waals surface area contributed by atoms with E-state index in [-0.39, 0.29) is 24.1 Å². The topological polar surface area (TPSA) is 59.0 Å². The standard InChI is InChI=1S/C28H37NO4/c1-18(9-8-12-21-10-6-5-7-11-21)32-23-16-26-28(27(17-23)33-20(3)30)25-15-22(31)13-14-24(25)19(2)29(26)4/h5-7,10-11,16-19,22,24-25,31H,8-9,12-15H2,1-4H3/t18-,19+,22-,24+,25-/m1/s1. The Morgan fingerprint density at radius 3 is 2.70 bits per heavy atom. The molecule has 2 aliphatic rings. The van der Waals surface area contributed by atoms with Gasteiger partial charge in [-0.15, -0.1) is 0 Å². The van der Waals surface area contributed by atoms with Gasteiger partial charge < -0.3 is 19.5 Å². The maximum atomic E-state index is 12.0. The first-order chi connectivity index (χ1) is 15.8. The summed E-state index contributed by atoms with van der Waals surface area (Å²) in [4.78, 5) is 14.2. The summed E-state index contributed by atoms with van der Waals surface area (Å²) in [6, 6.07) is 14.8. The molecule has 0 radical (unpaired) electrons. The number of hydrogen-bond acceptors (Lipinski definition) is 5. The lowest BCUT2D eigenvalue weighted by Gasteiger charge is -2.48. The van der Waals surface area contributed by atoms with Gasteiger partial charge >= 0.3 is 5.97 Å². The fourth-order valence-electron chi connectivity index (χ4n) is 5.68. The van der Waals surface area contributed by atoms with Gasteiger partial charge in [0.2, 0.25) is 0 Å². The number of fused-ring (bicyclic) bond motifs is 3. The zero-order valence-electron chi connectivity index (χ0n) is 20.3. The van der Waals surface area contributed by atoms with Crippen molar-refractivity contribution in [2.45, 2.75) is 83.5 Å². The van der Waals surface area contributed by atoms with E-state index in [0.717, 1.165) is 49.1 Å². The molecule has 1 fully saturated rings. The molecule has 5 atom stereocenters. The summed E-state index contributed by atoms with van der Waals surface area (Å²) in [6.07, 6.45) is 5.28. The highest BCUT2D eigenvalue weighted by molar-refractivity contribution is 5.74. The first-order valence-corrected chi connectivity index (χ1v) is 12.3. The molecular weight excluding hydrogens is 414 g/mol. The van der Waals surface area contributed by atoms with Gasteiger partial charge in [-0.2, -0.15) is 0 Å². The van der Waals surface area contributed by atoms with Gasteiger partial charge in [-0.25, -0.2) is 0 Å². The summed E-state index contributed by atoms with van der Waals surface area (Å²) in [5.41, 5.74) is 3.43. The fraction of sp³-hybridized carbons (Fsp3) is 0.536. The third-order valence-corrected chi connectivity index (χ3v) is 7.46. The third kappa shape index (κ3) is 5.35. The Labute approximate surface area is 197 Å². The number of anilines is 1. The van der Waals surface area contributed by atoms with E-state index in [2.05, 4.69) is 56.1 Å². The number of carbonyl (C=O) groups excluding carboxylic acids is 1. The van der Waals surface area contributed by atoms with Crippen LogP contribution in [0.4, 0.5) is 5.69 Å². The Bertz CT molecular complexity index is 960. The SMILES string of the molecule is CC(=O)Oc1cc(O[C@H](C)CCCc2ccccc2)cc2c1[C@@H]1C[C@H](O)CC[C@H]1[C@H](C)N2C. The van der Waals surface area contributed by atoms with Crippen molar-refractivity contribution in [1.82, 2.24) is 0 Å². The van der Waals surface area contributed by atoms with Crippen molar-refractivity contribution >= 4 is 11.7 Å². The van der Waals surface area contributed by atoms with Crippen LogP contribution >= 0.6 is 0 Å². The second-order valence-corrected chi connectivity index (χ2v) is 9.84. The van der Waals surface area contributed by atoms with E-state index in [4.69, 9.17) is 9.47 Å². The zero-order chi connectivity index (χ0) is 23.5. The monoisotopic (exact) mass is 451 g/mol. The van der Waals surface area contributed by atoms with Gasteiger partial charge in [0.25, 0.3) is 0 Å². The van der Waals surface area contributed by atoms with Crippen LogP contribution in [0.15, 0.2) is 42.5 Å². The van der Waals surface area contributed by atoms with Gasteiger partial charge in [-0.1, -0.05) is 30.3 Å².